The molecule has 1 aliphatic heterocycles. The first-order valence-electron chi connectivity index (χ1n) is 8.30. The number of hydrogen-bond donors (Lipinski definition) is 4. The van der Waals surface area contributed by atoms with E-state index in [1.165, 1.54) is 12.1 Å². The van der Waals surface area contributed by atoms with E-state index in [1.54, 1.807) is 36.4 Å². The van der Waals surface area contributed by atoms with Gasteiger partial charge in [0.15, 0.2) is 0 Å². The van der Waals surface area contributed by atoms with Crippen molar-refractivity contribution in [1.29, 1.82) is 0 Å². The van der Waals surface area contributed by atoms with Gasteiger partial charge < -0.3 is 39.8 Å². The Kier molecular flexibility index (Phi) is 7.63. The maximum atomic E-state index is 11.1. The van der Waals surface area contributed by atoms with Crippen molar-refractivity contribution in [2.45, 2.75) is 30.7 Å². The van der Waals surface area contributed by atoms with Gasteiger partial charge in [0.05, 0.1) is 12.6 Å². The summed E-state index contributed by atoms with van der Waals surface area (Å²) in [5.41, 5.74) is 1.06. The Hall–Kier alpha value is -1.89. The number of para-hydroxylation sites is 1. The number of benzene rings is 2. The molecular formula is C19H19LiO8. The second-order valence-electron chi connectivity index (χ2n) is 6.18. The minimum Gasteiger partial charge on any atom is -0.545 e. The molecule has 5 unspecified atom stereocenters. The number of carboxylic acid groups (broad SMARTS) is 1. The zero-order valence-electron chi connectivity index (χ0n) is 15.1. The monoisotopic (exact) mass is 382 g/mol. The summed E-state index contributed by atoms with van der Waals surface area (Å²) in [6, 6.07) is 12.7. The van der Waals surface area contributed by atoms with Crippen molar-refractivity contribution in [1.82, 2.24) is 0 Å². The van der Waals surface area contributed by atoms with E-state index in [1.807, 2.05) is 0 Å². The molecule has 8 nitrogen and oxygen atoms in total. The van der Waals surface area contributed by atoms with Crippen LogP contribution in [0.15, 0.2) is 48.5 Å². The molecule has 0 radical (unpaired) electrons. The van der Waals surface area contributed by atoms with Gasteiger partial charge in [-0.3, -0.25) is 0 Å². The Morgan fingerprint density at radius 2 is 1.75 bits per heavy atom. The molecule has 1 saturated heterocycles. The van der Waals surface area contributed by atoms with E-state index in [9.17, 15) is 30.3 Å². The second kappa shape index (κ2) is 9.54. The Morgan fingerprint density at radius 3 is 2.43 bits per heavy atom. The Labute approximate surface area is 173 Å². The predicted octanol–water partition coefficient (Wildman–Crippen LogP) is -4.10. The van der Waals surface area contributed by atoms with Gasteiger partial charge in [-0.2, -0.15) is 0 Å². The van der Waals surface area contributed by atoms with Crippen molar-refractivity contribution in [2.75, 3.05) is 6.61 Å². The van der Waals surface area contributed by atoms with Crippen LogP contribution >= 0.6 is 0 Å². The maximum absolute atomic E-state index is 11.1. The Bertz CT molecular complexity index is 812. The number of aromatic carboxylic acids is 1. The van der Waals surface area contributed by atoms with Crippen LogP contribution in [0.2, 0.25) is 0 Å². The maximum Gasteiger partial charge on any atom is 1.00 e. The quantitative estimate of drug-likeness (QED) is 0.383. The van der Waals surface area contributed by atoms with Gasteiger partial charge in [-0.05, 0) is 23.3 Å². The number of aliphatic hydroxyl groups is 4. The van der Waals surface area contributed by atoms with Crippen molar-refractivity contribution in [3.63, 3.8) is 0 Å². The SMILES string of the molecule is O=C([O-])c1cccc(-c2ccccc2OC2OC(CO)C(O)C(O)C2O)c1.[Li+]. The van der Waals surface area contributed by atoms with Crippen LogP contribution in [-0.4, -0.2) is 63.7 Å². The topological polar surface area (TPSA) is 140 Å². The van der Waals surface area contributed by atoms with Crippen LogP contribution in [-0.2, 0) is 4.74 Å². The average molecular weight is 382 g/mol. The van der Waals surface area contributed by atoms with Gasteiger partial charge in [0, 0.05) is 5.56 Å². The van der Waals surface area contributed by atoms with Gasteiger partial charge in [-0.1, -0.05) is 36.4 Å². The number of ether oxygens (including phenoxy) is 2. The van der Waals surface area contributed by atoms with Crippen LogP contribution in [0.4, 0.5) is 0 Å². The summed E-state index contributed by atoms with van der Waals surface area (Å²) in [7, 11) is 0. The average Bonchev–Trinajstić information content (AvgIpc) is 2.69. The molecule has 28 heavy (non-hydrogen) atoms. The van der Waals surface area contributed by atoms with Gasteiger partial charge in [0.1, 0.15) is 30.2 Å². The number of carbonyl (C=O) groups is 1. The van der Waals surface area contributed by atoms with E-state index in [4.69, 9.17) is 9.47 Å². The zero-order chi connectivity index (χ0) is 19.6. The second-order valence-corrected chi connectivity index (χ2v) is 6.18. The molecule has 1 fully saturated rings. The third-order valence-electron chi connectivity index (χ3n) is 4.39. The Balaban J connectivity index is 0.00000280. The van der Waals surface area contributed by atoms with Crippen molar-refractivity contribution in [3.8, 4) is 16.9 Å². The number of carboxylic acids is 1. The van der Waals surface area contributed by atoms with E-state index in [2.05, 4.69) is 0 Å². The van der Waals surface area contributed by atoms with Crippen LogP contribution in [0.25, 0.3) is 11.1 Å². The molecule has 9 heteroatoms. The molecule has 5 atom stereocenters. The third-order valence-corrected chi connectivity index (χ3v) is 4.39. The molecule has 1 aliphatic rings. The van der Waals surface area contributed by atoms with Crippen molar-refractivity contribution in [3.05, 3.63) is 54.1 Å². The Morgan fingerprint density at radius 1 is 1.04 bits per heavy atom. The van der Waals surface area contributed by atoms with E-state index in [0.29, 0.717) is 11.1 Å². The molecule has 2 aromatic rings. The van der Waals surface area contributed by atoms with Crippen LogP contribution < -0.4 is 28.7 Å². The van der Waals surface area contributed by atoms with Gasteiger partial charge in [-0.25, -0.2) is 0 Å². The molecule has 0 amide bonds. The molecule has 2 aromatic carbocycles. The first-order valence-corrected chi connectivity index (χ1v) is 8.30. The predicted molar refractivity (Wildman–Crippen MR) is 90.6 cm³/mol. The fourth-order valence-corrected chi connectivity index (χ4v) is 2.91. The largest absolute Gasteiger partial charge is 1.00 e. The van der Waals surface area contributed by atoms with Crippen molar-refractivity contribution < 1.29 is 58.7 Å². The zero-order valence-corrected chi connectivity index (χ0v) is 15.1. The van der Waals surface area contributed by atoms with Gasteiger partial charge in [-0.15, -0.1) is 0 Å². The van der Waals surface area contributed by atoms with Crippen LogP contribution in [0.5, 0.6) is 5.75 Å². The third kappa shape index (κ3) is 4.56. The van der Waals surface area contributed by atoms with Crippen LogP contribution in [0.3, 0.4) is 0 Å². The van der Waals surface area contributed by atoms with Gasteiger partial charge in [0.2, 0.25) is 6.29 Å². The number of hydrogen-bond acceptors (Lipinski definition) is 8. The molecule has 4 N–H and O–H groups in total. The van der Waals surface area contributed by atoms with E-state index in [0.717, 1.165) is 0 Å². The normalized spacial score (nSPS) is 26.9. The van der Waals surface area contributed by atoms with Crippen LogP contribution in [0.1, 0.15) is 10.4 Å². The molecule has 0 saturated carbocycles. The first kappa shape index (κ1) is 22.4. The fraction of sp³-hybridized carbons (Fsp3) is 0.316. The van der Waals surface area contributed by atoms with Crippen molar-refractivity contribution in [2.24, 2.45) is 0 Å². The van der Waals surface area contributed by atoms with E-state index < -0.39 is 43.3 Å². The molecule has 0 bridgehead atoms. The molecule has 1 heterocycles. The van der Waals surface area contributed by atoms with E-state index in [-0.39, 0.29) is 30.2 Å². The summed E-state index contributed by atoms with van der Waals surface area (Å²) in [5.74, 6) is -1.05. The smallest absolute Gasteiger partial charge is 0.545 e. The van der Waals surface area contributed by atoms with Crippen LogP contribution in [0, 0.1) is 0 Å². The molecule has 144 valence electrons. The van der Waals surface area contributed by atoms with Crippen molar-refractivity contribution >= 4 is 5.97 Å². The summed E-state index contributed by atoms with van der Waals surface area (Å²) in [6.07, 6.45) is -7.03. The molecule has 3 rings (SSSR count). The summed E-state index contributed by atoms with van der Waals surface area (Å²) in [5, 5.41) is 50.2. The summed E-state index contributed by atoms with van der Waals surface area (Å²) < 4.78 is 11.0. The number of aliphatic hydroxyl groups excluding tert-OH is 4. The minimum absolute atomic E-state index is 0. The molecule has 0 aromatic heterocycles. The van der Waals surface area contributed by atoms with E-state index >= 15 is 0 Å². The van der Waals surface area contributed by atoms with Gasteiger partial charge in [0.25, 0.3) is 0 Å². The number of carbonyl (C=O) groups excluding carboxylic acids is 1. The minimum atomic E-state index is -1.56. The summed E-state index contributed by atoms with van der Waals surface area (Å²) >= 11 is 0. The molecule has 0 aliphatic carbocycles. The van der Waals surface area contributed by atoms with Gasteiger partial charge >= 0.3 is 18.9 Å². The summed E-state index contributed by atoms with van der Waals surface area (Å²) in [4.78, 5) is 11.1. The number of rotatable bonds is 5. The fourth-order valence-electron chi connectivity index (χ4n) is 2.91. The first-order chi connectivity index (χ1) is 12.9. The molecular weight excluding hydrogens is 363 g/mol. The molecule has 0 spiro atoms. The standard InChI is InChI=1S/C19H20O8.Li/c20-9-14-15(21)16(22)17(23)19(27-14)26-13-7-2-1-6-12(13)10-4-3-5-11(8-10)18(24)25;/h1-8,14-17,19-23H,9H2,(H,24,25);/q;+1/p-1. The summed E-state index contributed by atoms with van der Waals surface area (Å²) in [6.45, 7) is -0.569.